The number of aromatic nitrogens is 2. The third kappa shape index (κ3) is 3.79. The highest BCUT2D eigenvalue weighted by Gasteiger charge is 2.34. The lowest BCUT2D eigenvalue weighted by Gasteiger charge is -2.22. The largest absolute Gasteiger partial charge is 0.335 e. The zero-order chi connectivity index (χ0) is 18.1. The second-order valence-electron chi connectivity index (χ2n) is 7.49. The van der Waals surface area contributed by atoms with Crippen LogP contribution in [-0.4, -0.2) is 39.7 Å². The Hall–Kier alpha value is -1.85. The van der Waals surface area contributed by atoms with Crippen LogP contribution < -0.4 is 5.73 Å². The number of carbonyl (C=O) groups excluding carboxylic acids is 1. The van der Waals surface area contributed by atoms with Crippen LogP contribution in [0, 0.1) is 12.8 Å². The summed E-state index contributed by atoms with van der Waals surface area (Å²) in [6, 6.07) is 8.45. The molecule has 0 bridgehead atoms. The fourth-order valence-electron chi connectivity index (χ4n) is 3.72. The Kier molecular flexibility index (Phi) is 6.48. The highest BCUT2D eigenvalue weighted by atomic mass is 35.5. The summed E-state index contributed by atoms with van der Waals surface area (Å²) in [5.41, 5.74) is 9.69. The van der Waals surface area contributed by atoms with Crippen molar-refractivity contribution in [1.82, 2.24) is 14.7 Å². The van der Waals surface area contributed by atoms with E-state index < -0.39 is 0 Å². The molecule has 2 heterocycles. The predicted octanol–water partition coefficient (Wildman–Crippen LogP) is 3.54. The zero-order valence-corrected chi connectivity index (χ0v) is 16.8. The van der Waals surface area contributed by atoms with E-state index in [2.05, 4.69) is 44.9 Å². The third-order valence-corrected chi connectivity index (χ3v) is 5.12. The molecule has 0 saturated carbocycles. The van der Waals surface area contributed by atoms with Crippen molar-refractivity contribution >= 4 is 18.3 Å². The summed E-state index contributed by atoms with van der Waals surface area (Å²) >= 11 is 0. The van der Waals surface area contributed by atoms with Crippen LogP contribution in [0.5, 0.6) is 0 Å². The van der Waals surface area contributed by atoms with Crippen molar-refractivity contribution in [3.05, 3.63) is 47.3 Å². The van der Waals surface area contributed by atoms with E-state index >= 15 is 0 Å². The van der Waals surface area contributed by atoms with Crippen LogP contribution in [0.25, 0.3) is 5.69 Å². The lowest BCUT2D eigenvalue weighted by atomic mass is 10.0. The first-order chi connectivity index (χ1) is 11.9. The molecule has 2 aromatic rings. The number of likely N-dealkylation sites (tertiary alicyclic amines) is 1. The van der Waals surface area contributed by atoms with Crippen LogP contribution in [0.4, 0.5) is 0 Å². The number of halogens is 1. The Morgan fingerprint density at radius 1 is 1.31 bits per heavy atom. The molecule has 6 heteroatoms. The van der Waals surface area contributed by atoms with Gasteiger partial charge in [-0.05, 0) is 50.8 Å². The second kappa shape index (κ2) is 8.23. The number of carbonyl (C=O) groups is 1. The van der Waals surface area contributed by atoms with E-state index in [1.807, 2.05) is 21.7 Å². The summed E-state index contributed by atoms with van der Waals surface area (Å²) in [6.07, 6.45) is 2.70. The maximum absolute atomic E-state index is 13.2. The highest BCUT2D eigenvalue weighted by Crippen LogP contribution is 2.28. The van der Waals surface area contributed by atoms with E-state index in [1.54, 1.807) is 6.20 Å². The van der Waals surface area contributed by atoms with Gasteiger partial charge in [-0.25, -0.2) is 4.68 Å². The number of aryl methyl sites for hydroxylation is 1. The van der Waals surface area contributed by atoms with Crippen molar-refractivity contribution in [3.8, 4) is 5.69 Å². The number of nitrogens with zero attached hydrogens (tertiary/aromatic N) is 3. The molecule has 2 N–H and O–H groups in total. The molecule has 1 saturated heterocycles. The van der Waals surface area contributed by atoms with Crippen LogP contribution in [0.1, 0.15) is 54.7 Å². The van der Waals surface area contributed by atoms with Crippen molar-refractivity contribution < 1.29 is 4.79 Å². The topological polar surface area (TPSA) is 64.2 Å². The van der Waals surface area contributed by atoms with Gasteiger partial charge in [-0.3, -0.25) is 4.79 Å². The van der Waals surface area contributed by atoms with Gasteiger partial charge < -0.3 is 10.6 Å². The molecule has 5 nitrogen and oxygen atoms in total. The lowest BCUT2D eigenvalue weighted by Crippen LogP contribution is -2.35. The molecule has 142 valence electrons. The Morgan fingerprint density at radius 2 is 1.96 bits per heavy atom. The van der Waals surface area contributed by atoms with Gasteiger partial charge in [-0.15, -0.1) is 12.4 Å². The molecule has 1 aromatic heterocycles. The van der Waals surface area contributed by atoms with Crippen molar-refractivity contribution in [2.24, 2.45) is 11.7 Å². The van der Waals surface area contributed by atoms with E-state index in [0.717, 1.165) is 24.3 Å². The molecule has 2 unspecified atom stereocenters. The van der Waals surface area contributed by atoms with E-state index in [0.29, 0.717) is 18.0 Å². The molecule has 0 aliphatic carbocycles. The predicted molar refractivity (Wildman–Crippen MR) is 107 cm³/mol. The van der Waals surface area contributed by atoms with Gasteiger partial charge in [0.2, 0.25) is 0 Å². The van der Waals surface area contributed by atoms with Gasteiger partial charge in [-0.2, -0.15) is 5.10 Å². The maximum Gasteiger partial charge on any atom is 0.257 e. The summed E-state index contributed by atoms with van der Waals surface area (Å²) in [5, 5.41) is 4.54. The second-order valence-corrected chi connectivity index (χ2v) is 7.49. The minimum atomic E-state index is 0. The molecule has 1 aliphatic rings. The van der Waals surface area contributed by atoms with Gasteiger partial charge in [0.15, 0.2) is 0 Å². The molecule has 0 spiro atoms. The van der Waals surface area contributed by atoms with Crippen molar-refractivity contribution in [1.29, 1.82) is 0 Å². The number of nitrogens with two attached hydrogens (primary N) is 1. The van der Waals surface area contributed by atoms with Gasteiger partial charge in [0.25, 0.3) is 5.91 Å². The van der Waals surface area contributed by atoms with Gasteiger partial charge in [-0.1, -0.05) is 31.5 Å². The number of benzene rings is 1. The SMILES string of the molecule is Cc1ccc(-n2ncc(C(=O)N3CC(CN)CC3C)c2C(C)C)cc1.Cl. The normalized spacial score (nSPS) is 19.7. The molecular weight excluding hydrogens is 348 g/mol. The molecule has 26 heavy (non-hydrogen) atoms. The van der Waals surface area contributed by atoms with Crippen LogP contribution in [0.2, 0.25) is 0 Å². The van der Waals surface area contributed by atoms with Crippen LogP contribution in [-0.2, 0) is 0 Å². The average Bonchev–Trinajstić information content (AvgIpc) is 3.18. The Balaban J connectivity index is 0.00000243. The first kappa shape index (κ1) is 20.5. The van der Waals surface area contributed by atoms with Crippen LogP contribution in [0.3, 0.4) is 0 Å². The smallest absolute Gasteiger partial charge is 0.257 e. The molecule has 1 aromatic carbocycles. The third-order valence-electron chi connectivity index (χ3n) is 5.12. The number of rotatable bonds is 4. The summed E-state index contributed by atoms with van der Waals surface area (Å²) in [7, 11) is 0. The van der Waals surface area contributed by atoms with E-state index in [9.17, 15) is 4.79 Å². The first-order valence-electron chi connectivity index (χ1n) is 9.08. The summed E-state index contributed by atoms with van der Waals surface area (Å²) in [4.78, 5) is 15.1. The molecule has 0 radical (unpaired) electrons. The fraction of sp³-hybridized carbons (Fsp3) is 0.500. The lowest BCUT2D eigenvalue weighted by molar-refractivity contribution is 0.0742. The minimum Gasteiger partial charge on any atom is -0.335 e. The number of amides is 1. The minimum absolute atomic E-state index is 0. The average molecular weight is 377 g/mol. The Labute approximate surface area is 162 Å². The maximum atomic E-state index is 13.2. The Bertz CT molecular complexity index is 754. The molecule has 1 amide bonds. The molecule has 1 fully saturated rings. The number of hydrogen-bond acceptors (Lipinski definition) is 3. The van der Waals surface area contributed by atoms with Crippen molar-refractivity contribution in [3.63, 3.8) is 0 Å². The van der Waals surface area contributed by atoms with Crippen molar-refractivity contribution in [2.45, 2.75) is 46.1 Å². The van der Waals surface area contributed by atoms with Crippen molar-refractivity contribution in [2.75, 3.05) is 13.1 Å². The fourth-order valence-corrected chi connectivity index (χ4v) is 3.72. The molecule has 3 rings (SSSR count). The molecule has 2 atom stereocenters. The van der Waals surface area contributed by atoms with Crippen LogP contribution in [0.15, 0.2) is 30.5 Å². The summed E-state index contributed by atoms with van der Waals surface area (Å²) < 4.78 is 1.90. The quantitative estimate of drug-likeness (QED) is 0.887. The summed E-state index contributed by atoms with van der Waals surface area (Å²) in [6.45, 7) is 9.75. The van der Waals surface area contributed by atoms with Gasteiger partial charge in [0.1, 0.15) is 0 Å². The van der Waals surface area contributed by atoms with Gasteiger partial charge in [0, 0.05) is 12.6 Å². The molecule has 1 aliphatic heterocycles. The van der Waals surface area contributed by atoms with Gasteiger partial charge >= 0.3 is 0 Å². The number of hydrogen-bond donors (Lipinski definition) is 1. The van der Waals surface area contributed by atoms with E-state index in [1.165, 1.54) is 5.56 Å². The highest BCUT2D eigenvalue weighted by molar-refractivity contribution is 5.96. The van der Waals surface area contributed by atoms with E-state index in [4.69, 9.17) is 5.73 Å². The van der Waals surface area contributed by atoms with E-state index in [-0.39, 0.29) is 30.3 Å². The molecular formula is C20H29ClN4O. The van der Waals surface area contributed by atoms with Gasteiger partial charge in [0.05, 0.1) is 23.1 Å². The van der Waals surface area contributed by atoms with Crippen LogP contribution >= 0.6 is 12.4 Å². The Morgan fingerprint density at radius 3 is 2.50 bits per heavy atom. The summed E-state index contributed by atoms with van der Waals surface area (Å²) in [5.74, 6) is 0.671. The first-order valence-corrected chi connectivity index (χ1v) is 9.08. The standard InChI is InChI=1S/C20H28N4O.ClH/c1-13(2)19-18(20(25)23-12-16(10-21)9-15(23)4)11-22-24(19)17-7-5-14(3)6-8-17;/h5-8,11,13,15-16H,9-10,12,21H2,1-4H3;1H. The monoisotopic (exact) mass is 376 g/mol. The zero-order valence-electron chi connectivity index (χ0n) is 16.0.